The molecule has 0 amide bonds. The predicted molar refractivity (Wildman–Crippen MR) is 81.1 cm³/mol. The third kappa shape index (κ3) is 2.80. The highest BCUT2D eigenvalue weighted by Crippen LogP contribution is 2.07. The molecule has 1 rings (SSSR count). The van der Waals surface area contributed by atoms with Crippen molar-refractivity contribution in [3.63, 3.8) is 0 Å². The summed E-state index contributed by atoms with van der Waals surface area (Å²) in [5, 5.41) is 0.962. The molecule has 0 spiro atoms. The summed E-state index contributed by atoms with van der Waals surface area (Å²) in [6, 6.07) is 0. The number of rotatable bonds is 4. The number of nitrogen functional groups attached to an aromatic ring is 1. The Bertz CT molecular complexity index is 721. The van der Waals surface area contributed by atoms with Crippen molar-refractivity contribution >= 4 is 17.7 Å². The molecule has 0 aliphatic carbocycles. The van der Waals surface area contributed by atoms with Gasteiger partial charge in [-0.1, -0.05) is 50.1 Å². The molecule has 0 saturated heterocycles. The van der Waals surface area contributed by atoms with Gasteiger partial charge in [-0.2, -0.15) is 0 Å². The maximum absolute atomic E-state index is 12.2. The minimum atomic E-state index is -0.338. The molecule has 0 radical (unpaired) electrons. The summed E-state index contributed by atoms with van der Waals surface area (Å²) in [6.07, 6.45) is 9.70. The SMILES string of the molecule is C=C/C=C(\C=C)c1nc(=C/C)/c(=C\C=C)c(=O)n1N. The van der Waals surface area contributed by atoms with Crippen LogP contribution in [0.15, 0.2) is 48.8 Å². The summed E-state index contributed by atoms with van der Waals surface area (Å²) in [5.74, 6) is 6.14. The number of aromatic nitrogens is 2. The third-order valence-electron chi connectivity index (χ3n) is 2.51. The van der Waals surface area contributed by atoms with Crippen LogP contribution in [0, 0.1) is 0 Å². The van der Waals surface area contributed by atoms with Crippen LogP contribution in [0.3, 0.4) is 0 Å². The van der Waals surface area contributed by atoms with E-state index in [1.807, 2.05) is 0 Å². The zero-order chi connectivity index (χ0) is 14.4. The molecule has 0 saturated carbocycles. The first-order valence-electron chi connectivity index (χ1n) is 5.73. The largest absolute Gasteiger partial charge is 0.334 e. The molecule has 4 heteroatoms. The third-order valence-corrected chi connectivity index (χ3v) is 2.51. The molecule has 1 heterocycles. The molecule has 4 nitrogen and oxygen atoms in total. The Morgan fingerprint density at radius 2 is 2.00 bits per heavy atom. The zero-order valence-corrected chi connectivity index (χ0v) is 11.0. The number of nitrogens with two attached hydrogens (primary N) is 1. The second-order valence-electron chi connectivity index (χ2n) is 3.66. The molecule has 1 aromatic heterocycles. The molecule has 0 aromatic carbocycles. The summed E-state index contributed by atoms with van der Waals surface area (Å²) in [5.41, 5.74) is 0.290. The maximum atomic E-state index is 12.2. The Labute approximate surface area is 111 Å². The van der Waals surface area contributed by atoms with E-state index >= 15 is 0 Å². The Balaban J connectivity index is 3.89. The molecule has 0 aliphatic rings. The molecule has 19 heavy (non-hydrogen) atoms. The fourth-order valence-corrected chi connectivity index (χ4v) is 1.62. The highest BCUT2D eigenvalue weighted by Gasteiger charge is 2.08. The van der Waals surface area contributed by atoms with Crippen molar-refractivity contribution in [2.24, 2.45) is 0 Å². The monoisotopic (exact) mass is 255 g/mol. The second kappa shape index (κ2) is 6.35. The van der Waals surface area contributed by atoms with E-state index < -0.39 is 0 Å². The standard InChI is InChI=1S/C15H17N3O/c1-5-9-11(7-3)14-17-13(8-4)12(10-6-2)15(19)18(14)16/h5-10H,1-3,16H2,4H3/b11-9+,12-10+,13-8+. The lowest BCUT2D eigenvalue weighted by Gasteiger charge is -2.07. The van der Waals surface area contributed by atoms with Gasteiger partial charge in [0.1, 0.15) is 0 Å². The van der Waals surface area contributed by atoms with Gasteiger partial charge in [-0.15, -0.1) is 0 Å². The first kappa shape index (κ1) is 14.4. The summed E-state index contributed by atoms with van der Waals surface area (Å²) in [4.78, 5) is 16.6. The van der Waals surface area contributed by atoms with Crippen molar-refractivity contribution in [2.45, 2.75) is 6.92 Å². The molecular formula is C15H17N3O. The van der Waals surface area contributed by atoms with Gasteiger partial charge in [0.05, 0.1) is 10.6 Å². The summed E-state index contributed by atoms with van der Waals surface area (Å²) in [6.45, 7) is 12.7. The molecular weight excluding hydrogens is 238 g/mol. The van der Waals surface area contributed by atoms with Gasteiger partial charge in [0, 0.05) is 5.57 Å². The highest BCUT2D eigenvalue weighted by atomic mass is 16.1. The summed E-state index contributed by atoms with van der Waals surface area (Å²) < 4.78 is 0.999. The smallest absolute Gasteiger partial charge is 0.280 e. The first-order valence-corrected chi connectivity index (χ1v) is 5.73. The van der Waals surface area contributed by atoms with E-state index in [0.29, 0.717) is 22.0 Å². The molecule has 1 aromatic rings. The van der Waals surface area contributed by atoms with E-state index in [1.54, 1.807) is 37.3 Å². The maximum Gasteiger partial charge on any atom is 0.280 e. The Morgan fingerprint density at radius 1 is 1.32 bits per heavy atom. The van der Waals surface area contributed by atoms with Gasteiger partial charge in [-0.25, -0.2) is 9.66 Å². The first-order chi connectivity index (χ1) is 9.10. The average molecular weight is 255 g/mol. The van der Waals surface area contributed by atoms with E-state index in [0.717, 1.165) is 4.68 Å². The molecule has 0 fully saturated rings. The van der Waals surface area contributed by atoms with Crippen LogP contribution < -0.4 is 22.0 Å². The van der Waals surface area contributed by atoms with Crippen LogP contribution in [-0.4, -0.2) is 9.66 Å². The summed E-state index contributed by atoms with van der Waals surface area (Å²) >= 11 is 0. The van der Waals surface area contributed by atoms with Crippen molar-refractivity contribution in [2.75, 3.05) is 5.84 Å². The van der Waals surface area contributed by atoms with Gasteiger partial charge in [-0.05, 0) is 13.0 Å². The average Bonchev–Trinajstić information content (AvgIpc) is 2.42. The van der Waals surface area contributed by atoms with Crippen LogP contribution in [0.5, 0.6) is 0 Å². The zero-order valence-electron chi connectivity index (χ0n) is 11.0. The van der Waals surface area contributed by atoms with Crippen LogP contribution >= 0.6 is 0 Å². The van der Waals surface area contributed by atoms with Gasteiger partial charge >= 0.3 is 0 Å². The molecule has 0 unspecified atom stereocenters. The highest BCUT2D eigenvalue weighted by molar-refractivity contribution is 5.70. The van der Waals surface area contributed by atoms with Crippen LogP contribution in [0.4, 0.5) is 0 Å². The van der Waals surface area contributed by atoms with Gasteiger partial charge in [0.2, 0.25) is 0 Å². The van der Waals surface area contributed by atoms with E-state index in [1.165, 1.54) is 6.08 Å². The molecule has 0 atom stereocenters. The number of hydrogen-bond donors (Lipinski definition) is 1. The fourth-order valence-electron chi connectivity index (χ4n) is 1.62. The van der Waals surface area contributed by atoms with Crippen molar-refractivity contribution in [3.05, 3.63) is 70.8 Å². The van der Waals surface area contributed by atoms with E-state index in [-0.39, 0.29) is 5.56 Å². The number of hydrogen-bond acceptors (Lipinski definition) is 3. The van der Waals surface area contributed by atoms with Crippen molar-refractivity contribution in [1.82, 2.24) is 9.66 Å². The van der Waals surface area contributed by atoms with Gasteiger partial charge in [0.15, 0.2) is 5.82 Å². The Morgan fingerprint density at radius 3 is 2.47 bits per heavy atom. The topological polar surface area (TPSA) is 60.9 Å². The quantitative estimate of drug-likeness (QED) is 0.629. The van der Waals surface area contributed by atoms with Crippen molar-refractivity contribution in [1.29, 1.82) is 0 Å². The molecule has 0 aliphatic heterocycles. The van der Waals surface area contributed by atoms with Crippen LogP contribution in [-0.2, 0) is 0 Å². The fraction of sp³-hybridized carbons (Fsp3) is 0.0667. The Hall–Kier alpha value is -2.62. The minimum Gasteiger partial charge on any atom is -0.334 e. The lowest BCUT2D eigenvalue weighted by atomic mass is 10.2. The lowest BCUT2D eigenvalue weighted by molar-refractivity contribution is 0.841. The normalized spacial score (nSPS) is 13.4. The second-order valence-corrected chi connectivity index (χ2v) is 3.66. The Kier molecular flexibility index (Phi) is 4.83. The lowest BCUT2D eigenvalue weighted by Crippen LogP contribution is -2.50. The van der Waals surface area contributed by atoms with Crippen molar-refractivity contribution < 1.29 is 0 Å². The van der Waals surface area contributed by atoms with Gasteiger partial charge in [-0.3, -0.25) is 4.79 Å². The number of nitrogens with zero attached hydrogens (tertiary/aromatic N) is 2. The van der Waals surface area contributed by atoms with Crippen LogP contribution in [0.25, 0.3) is 17.7 Å². The summed E-state index contributed by atoms with van der Waals surface area (Å²) in [7, 11) is 0. The minimum absolute atomic E-state index is 0.338. The molecule has 0 bridgehead atoms. The molecule has 98 valence electrons. The van der Waals surface area contributed by atoms with Gasteiger partial charge in [0.25, 0.3) is 5.56 Å². The number of allylic oxidation sites excluding steroid dienone is 5. The van der Waals surface area contributed by atoms with E-state index in [2.05, 4.69) is 24.7 Å². The van der Waals surface area contributed by atoms with E-state index in [4.69, 9.17) is 5.84 Å². The molecule has 2 N–H and O–H groups in total. The van der Waals surface area contributed by atoms with E-state index in [9.17, 15) is 4.79 Å². The van der Waals surface area contributed by atoms with Crippen LogP contribution in [0.2, 0.25) is 0 Å². The van der Waals surface area contributed by atoms with Crippen molar-refractivity contribution in [3.8, 4) is 0 Å². The van der Waals surface area contributed by atoms with Crippen LogP contribution in [0.1, 0.15) is 12.7 Å². The predicted octanol–water partition coefficient (Wildman–Crippen LogP) is 0.479. The van der Waals surface area contributed by atoms with Gasteiger partial charge < -0.3 is 5.84 Å².